The number of nitrogens with one attached hydrogen (secondary N) is 1. The maximum absolute atomic E-state index is 10.4. The largest absolute Gasteiger partial charge is 0.386 e. The molecule has 0 bridgehead atoms. The first-order valence-corrected chi connectivity index (χ1v) is 4.19. The van der Waals surface area contributed by atoms with Crippen LogP contribution in [-0.4, -0.2) is 44.8 Å². The van der Waals surface area contributed by atoms with E-state index in [1.165, 1.54) is 0 Å². The fourth-order valence-corrected chi connectivity index (χ4v) is 0.479. The van der Waals surface area contributed by atoms with Crippen LogP contribution in [0.1, 0.15) is 13.8 Å². The molecule has 0 aliphatic carbocycles. The number of hydrogen-bond acceptors (Lipinski definition) is 2. The molecule has 0 rings (SSSR count). The molecule has 0 saturated carbocycles. The van der Waals surface area contributed by atoms with Crippen LogP contribution >= 0.6 is 0 Å². The fraction of sp³-hybridized carbons (Fsp3) is 1.00. The normalized spacial score (nSPS) is 11.1. The quantitative estimate of drug-likeness (QED) is 0.695. The summed E-state index contributed by atoms with van der Waals surface area (Å²) in [5.74, 6) is 0. The minimum absolute atomic E-state index is 0.188. The summed E-state index contributed by atoms with van der Waals surface area (Å²) < 4.78 is 31.1. The van der Waals surface area contributed by atoms with Crippen LogP contribution in [0.3, 0.4) is 0 Å². The van der Waals surface area contributed by atoms with Crippen molar-refractivity contribution in [3.8, 4) is 0 Å². The van der Waals surface area contributed by atoms with E-state index in [1.54, 1.807) is 0 Å². The summed E-state index contributed by atoms with van der Waals surface area (Å²) in [5.41, 5.74) is 0. The molecule has 0 unspecified atom stereocenters. The highest BCUT2D eigenvalue weighted by Gasteiger charge is 2.15. The van der Waals surface area contributed by atoms with Gasteiger partial charge in [-0.2, -0.15) is 13.2 Å². The van der Waals surface area contributed by atoms with E-state index in [0.717, 1.165) is 19.6 Å². The Labute approximate surface area is 78.1 Å². The monoisotopic (exact) mass is 200 g/mol. The third-order valence-corrected chi connectivity index (χ3v) is 0.986. The summed E-state index contributed by atoms with van der Waals surface area (Å²) >= 11 is 0. The molecule has 0 saturated heterocycles. The number of rotatable bonds is 4. The second kappa shape index (κ2) is 8.31. The van der Waals surface area contributed by atoms with Crippen molar-refractivity contribution in [3.05, 3.63) is 0 Å². The third kappa shape index (κ3) is 49.8. The standard InChI is InChI=1S/C6H16N2.C2H3F3/c1-4-7-5-6-8(2)3;1-2(3,4)5/h7H,4-6H2,1-3H3;1H3. The fourth-order valence-electron chi connectivity index (χ4n) is 0.479. The molecule has 0 heterocycles. The molecule has 13 heavy (non-hydrogen) atoms. The Balaban J connectivity index is 0. The Morgan fingerprint density at radius 1 is 1.23 bits per heavy atom. The van der Waals surface area contributed by atoms with Crippen molar-refractivity contribution in [2.45, 2.75) is 20.0 Å². The van der Waals surface area contributed by atoms with Gasteiger partial charge in [0.05, 0.1) is 0 Å². The summed E-state index contributed by atoms with van der Waals surface area (Å²) in [6.07, 6.45) is -4.00. The third-order valence-electron chi connectivity index (χ3n) is 0.986. The van der Waals surface area contributed by atoms with Gasteiger partial charge >= 0.3 is 6.18 Å². The van der Waals surface area contributed by atoms with Crippen LogP contribution < -0.4 is 5.32 Å². The van der Waals surface area contributed by atoms with Crippen LogP contribution in [-0.2, 0) is 0 Å². The zero-order valence-electron chi connectivity index (χ0n) is 8.70. The highest BCUT2D eigenvalue weighted by atomic mass is 19.4. The van der Waals surface area contributed by atoms with Crippen LogP contribution in [0.15, 0.2) is 0 Å². The number of alkyl halides is 3. The van der Waals surface area contributed by atoms with Gasteiger partial charge in [0.15, 0.2) is 0 Å². The Bertz CT molecular complexity index is 96.1. The minimum atomic E-state index is -4.00. The van der Waals surface area contributed by atoms with Crippen molar-refractivity contribution in [1.29, 1.82) is 0 Å². The van der Waals surface area contributed by atoms with Gasteiger partial charge in [-0.05, 0) is 20.6 Å². The van der Waals surface area contributed by atoms with Gasteiger partial charge in [0.2, 0.25) is 0 Å². The van der Waals surface area contributed by atoms with Gasteiger partial charge in [-0.25, -0.2) is 0 Å². The lowest BCUT2D eigenvalue weighted by Crippen LogP contribution is -2.26. The molecule has 0 amide bonds. The molecule has 0 atom stereocenters. The van der Waals surface area contributed by atoms with Crippen LogP contribution in [0, 0.1) is 0 Å². The lowest BCUT2D eigenvalue weighted by molar-refractivity contribution is -0.110. The summed E-state index contributed by atoms with van der Waals surface area (Å²) in [4.78, 5) is 2.17. The lowest BCUT2D eigenvalue weighted by atomic mass is 10.5. The first-order chi connectivity index (χ1) is 5.77. The maximum Gasteiger partial charge on any atom is 0.386 e. The molecular formula is C8H19F3N2. The zero-order chi connectivity index (χ0) is 10.9. The van der Waals surface area contributed by atoms with Gasteiger partial charge in [-0.15, -0.1) is 0 Å². The van der Waals surface area contributed by atoms with Crippen molar-refractivity contribution in [2.75, 3.05) is 33.7 Å². The van der Waals surface area contributed by atoms with Gasteiger partial charge in [0.1, 0.15) is 0 Å². The molecule has 0 spiro atoms. The smallest absolute Gasteiger partial charge is 0.316 e. The zero-order valence-corrected chi connectivity index (χ0v) is 8.70. The maximum atomic E-state index is 10.4. The molecular weight excluding hydrogens is 181 g/mol. The Hall–Kier alpha value is -0.290. The predicted octanol–water partition coefficient (Wildman–Crippen LogP) is 1.73. The molecule has 5 heteroatoms. The Morgan fingerprint density at radius 3 is 1.85 bits per heavy atom. The molecule has 0 aromatic rings. The van der Waals surface area contributed by atoms with Crippen LogP contribution in [0.2, 0.25) is 0 Å². The number of likely N-dealkylation sites (N-methyl/N-ethyl adjacent to an activating group) is 2. The molecule has 82 valence electrons. The van der Waals surface area contributed by atoms with Crippen LogP contribution in [0.5, 0.6) is 0 Å². The highest BCUT2D eigenvalue weighted by Crippen LogP contribution is 2.10. The van der Waals surface area contributed by atoms with Crippen molar-refractivity contribution in [1.82, 2.24) is 10.2 Å². The minimum Gasteiger partial charge on any atom is -0.316 e. The predicted molar refractivity (Wildman–Crippen MR) is 48.8 cm³/mol. The van der Waals surface area contributed by atoms with E-state index in [-0.39, 0.29) is 6.92 Å². The van der Waals surface area contributed by atoms with Crippen molar-refractivity contribution < 1.29 is 13.2 Å². The first kappa shape index (κ1) is 15.2. The second-order valence-electron chi connectivity index (χ2n) is 2.94. The molecule has 0 fully saturated rings. The highest BCUT2D eigenvalue weighted by molar-refractivity contribution is 4.45. The number of hydrogen-bond donors (Lipinski definition) is 1. The summed E-state index contributed by atoms with van der Waals surface area (Å²) in [6, 6.07) is 0. The Kier molecular flexibility index (Phi) is 9.72. The SMILES string of the molecule is CC(F)(F)F.CCNCCN(C)C. The summed E-state index contributed by atoms with van der Waals surface area (Å²) in [5, 5.41) is 3.24. The van der Waals surface area contributed by atoms with Gasteiger partial charge in [-0.3, -0.25) is 0 Å². The summed E-state index contributed by atoms with van der Waals surface area (Å²) in [7, 11) is 4.16. The van der Waals surface area contributed by atoms with Crippen LogP contribution in [0.4, 0.5) is 13.2 Å². The molecule has 0 aromatic carbocycles. The average Bonchev–Trinajstić information content (AvgIpc) is 1.83. The van der Waals surface area contributed by atoms with E-state index in [0.29, 0.717) is 0 Å². The van der Waals surface area contributed by atoms with Crippen molar-refractivity contribution in [3.63, 3.8) is 0 Å². The van der Waals surface area contributed by atoms with Crippen molar-refractivity contribution in [2.24, 2.45) is 0 Å². The number of halogens is 3. The van der Waals surface area contributed by atoms with Crippen LogP contribution in [0.25, 0.3) is 0 Å². The van der Waals surface area contributed by atoms with Gasteiger partial charge in [-0.1, -0.05) is 6.92 Å². The van der Waals surface area contributed by atoms with Gasteiger partial charge in [0.25, 0.3) is 0 Å². The summed E-state index contributed by atoms with van der Waals surface area (Å²) in [6.45, 7) is 5.62. The second-order valence-corrected chi connectivity index (χ2v) is 2.94. The average molecular weight is 200 g/mol. The molecule has 1 N–H and O–H groups in total. The van der Waals surface area contributed by atoms with Gasteiger partial charge in [0, 0.05) is 20.0 Å². The molecule has 0 aromatic heterocycles. The van der Waals surface area contributed by atoms with E-state index in [9.17, 15) is 13.2 Å². The van der Waals surface area contributed by atoms with E-state index in [1.807, 2.05) is 0 Å². The van der Waals surface area contributed by atoms with E-state index in [4.69, 9.17) is 0 Å². The molecule has 0 aliphatic heterocycles. The Morgan fingerprint density at radius 2 is 1.62 bits per heavy atom. The molecule has 0 aliphatic rings. The van der Waals surface area contributed by atoms with E-state index >= 15 is 0 Å². The van der Waals surface area contributed by atoms with Gasteiger partial charge < -0.3 is 10.2 Å². The molecule has 0 radical (unpaired) electrons. The molecule has 2 nitrogen and oxygen atoms in total. The first-order valence-electron chi connectivity index (χ1n) is 4.19. The lowest BCUT2D eigenvalue weighted by Gasteiger charge is -2.08. The van der Waals surface area contributed by atoms with E-state index in [2.05, 4.69) is 31.2 Å². The topological polar surface area (TPSA) is 15.3 Å². The van der Waals surface area contributed by atoms with E-state index < -0.39 is 6.18 Å². The van der Waals surface area contributed by atoms with Crippen molar-refractivity contribution >= 4 is 0 Å². The number of nitrogens with zero attached hydrogens (tertiary/aromatic N) is 1.